The predicted molar refractivity (Wildman–Crippen MR) is 127 cm³/mol. The van der Waals surface area contributed by atoms with Crippen LogP contribution in [0, 0.1) is 10.1 Å². The largest absolute Gasteiger partial charge is 0.493 e. The lowest BCUT2D eigenvalue weighted by Gasteiger charge is -2.12. The van der Waals surface area contributed by atoms with Gasteiger partial charge >= 0.3 is 0 Å². The average molecular weight is 445 g/mol. The number of aryl methyl sites for hydroxylation is 1. The molecule has 0 atom stereocenters. The predicted octanol–water partition coefficient (Wildman–Crippen LogP) is 5.31. The molecule has 0 unspecified atom stereocenters. The minimum atomic E-state index is -0.410. The molecule has 3 aromatic carbocycles. The topological polar surface area (TPSA) is 88.6 Å². The normalized spacial score (nSPS) is 11.2. The Labute approximate surface area is 190 Å². The molecule has 0 N–H and O–H groups in total. The van der Waals surface area contributed by atoms with E-state index in [2.05, 4.69) is 11.2 Å². The highest BCUT2D eigenvalue weighted by molar-refractivity contribution is 5.92. The molecule has 0 saturated heterocycles. The molecule has 4 aromatic rings. The average Bonchev–Trinajstić information content (AvgIpc) is 3.16. The molecular weight excluding hydrogens is 422 g/mol. The molecule has 0 radical (unpaired) electrons. The summed E-state index contributed by atoms with van der Waals surface area (Å²) < 4.78 is 17.8. The molecule has 1 heterocycles. The molecule has 0 amide bonds. The number of nitrogens with zero attached hydrogens (tertiary/aromatic N) is 3. The first kappa shape index (κ1) is 22.0. The number of non-ortho nitro benzene ring substituents is 1. The second-order valence-corrected chi connectivity index (χ2v) is 7.34. The van der Waals surface area contributed by atoms with Gasteiger partial charge in [-0.25, -0.2) is 0 Å². The third-order valence-electron chi connectivity index (χ3n) is 5.25. The molecule has 33 heavy (non-hydrogen) atoms. The van der Waals surface area contributed by atoms with Crippen molar-refractivity contribution in [2.24, 2.45) is 7.05 Å². The number of hydrogen-bond donors (Lipinski definition) is 0. The Morgan fingerprint density at radius 3 is 2.39 bits per heavy atom. The lowest BCUT2D eigenvalue weighted by molar-refractivity contribution is -0.384. The van der Waals surface area contributed by atoms with E-state index in [0.29, 0.717) is 11.5 Å². The van der Waals surface area contributed by atoms with Gasteiger partial charge in [-0.2, -0.15) is 5.10 Å². The van der Waals surface area contributed by atoms with E-state index in [9.17, 15) is 10.1 Å². The number of nitro benzene ring substituents is 1. The Morgan fingerprint density at radius 1 is 0.970 bits per heavy atom. The summed E-state index contributed by atoms with van der Waals surface area (Å²) in [4.78, 5) is 10.4. The van der Waals surface area contributed by atoms with Crippen LogP contribution in [-0.4, -0.2) is 35.7 Å². The van der Waals surface area contributed by atoms with Gasteiger partial charge < -0.3 is 14.2 Å². The maximum absolute atomic E-state index is 10.8. The fraction of sp³-hybridized carbons (Fsp3) is 0.160. The minimum absolute atomic E-state index is 0.0675. The van der Waals surface area contributed by atoms with E-state index >= 15 is 0 Å². The Bertz CT molecular complexity index is 1330. The second-order valence-electron chi connectivity index (χ2n) is 7.34. The lowest BCUT2D eigenvalue weighted by Crippen LogP contribution is -2.00. The van der Waals surface area contributed by atoms with E-state index in [1.807, 2.05) is 54.2 Å². The van der Waals surface area contributed by atoms with E-state index < -0.39 is 4.92 Å². The minimum Gasteiger partial charge on any atom is -0.493 e. The summed E-state index contributed by atoms with van der Waals surface area (Å²) in [7, 11) is 5.07. The number of fused-ring (bicyclic) bond motifs is 1. The van der Waals surface area contributed by atoms with Crippen LogP contribution in [0.4, 0.5) is 5.69 Å². The van der Waals surface area contributed by atoms with Gasteiger partial charge in [0.15, 0.2) is 18.3 Å². The van der Waals surface area contributed by atoms with Crippen LogP contribution in [0.25, 0.3) is 34.2 Å². The maximum Gasteiger partial charge on any atom is 0.269 e. The number of nitro groups is 1. The van der Waals surface area contributed by atoms with Crippen LogP contribution in [0.15, 0.2) is 60.7 Å². The van der Waals surface area contributed by atoms with Crippen molar-refractivity contribution in [3.63, 3.8) is 0 Å². The third kappa shape index (κ3) is 4.70. The van der Waals surface area contributed by atoms with Crippen LogP contribution in [0.1, 0.15) is 11.3 Å². The molecule has 0 saturated carbocycles. The summed E-state index contributed by atoms with van der Waals surface area (Å²) in [6.07, 6.45) is 3.80. The van der Waals surface area contributed by atoms with Gasteiger partial charge in [0.25, 0.3) is 5.69 Å². The Balaban J connectivity index is 1.63. The van der Waals surface area contributed by atoms with Gasteiger partial charge in [-0.05, 0) is 59.2 Å². The van der Waals surface area contributed by atoms with E-state index in [0.717, 1.165) is 33.3 Å². The van der Waals surface area contributed by atoms with Crippen LogP contribution in [-0.2, 0) is 11.8 Å². The zero-order valence-corrected chi connectivity index (χ0v) is 18.5. The zero-order chi connectivity index (χ0) is 23.4. The van der Waals surface area contributed by atoms with Gasteiger partial charge in [0.05, 0.1) is 23.2 Å². The number of hydrogen-bond acceptors (Lipinski definition) is 6. The van der Waals surface area contributed by atoms with Crippen molar-refractivity contribution < 1.29 is 19.1 Å². The lowest BCUT2D eigenvalue weighted by atomic mass is 10.0. The first-order valence-corrected chi connectivity index (χ1v) is 10.2. The van der Waals surface area contributed by atoms with Gasteiger partial charge in [-0.3, -0.25) is 14.8 Å². The highest BCUT2D eigenvalue weighted by Gasteiger charge is 2.11. The molecule has 0 spiro atoms. The SMILES string of the molecule is COCOc1ccc(-c2ccc3c(/C=C/c4ccc([N+](=O)[O-])cc4)nn(C)c3c2)cc1OC. The third-order valence-corrected chi connectivity index (χ3v) is 5.25. The smallest absolute Gasteiger partial charge is 0.269 e. The quantitative estimate of drug-likeness (QED) is 0.207. The number of ether oxygens (including phenoxy) is 3. The molecule has 8 heteroatoms. The van der Waals surface area contributed by atoms with Gasteiger partial charge in [-0.15, -0.1) is 0 Å². The van der Waals surface area contributed by atoms with Crippen LogP contribution in [0.3, 0.4) is 0 Å². The molecular formula is C25H23N3O5. The monoisotopic (exact) mass is 445 g/mol. The standard InChI is InChI=1S/C25H23N3O5/c1-27-23-14-18(19-8-13-24(33-16-31-2)25(15-19)32-3)7-11-21(23)22(26-27)12-6-17-4-9-20(10-5-17)28(29)30/h4-15H,16H2,1-3H3/b12-6+. The van der Waals surface area contributed by atoms with Crippen molar-refractivity contribution in [1.29, 1.82) is 0 Å². The molecule has 8 nitrogen and oxygen atoms in total. The van der Waals surface area contributed by atoms with Crippen LogP contribution >= 0.6 is 0 Å². The van der Waals surface area contributed by atoms with Crippen LogP contribution in [0.5, 0.6) is 11.5 Å². The Kier molecular flexibility index (Phi) is 6.37. The van der Waals surface area contributed by atoms with Gasteiger partial charge in [-0.1, -0.05) is 18.2 Å². The van der Waals surface area contributed by atoms with E-state index in [1.165, 1.54) is 12.1 Å². The van der Waals surface area contributed by atoms with Crippen molar-refractivity contribution in [1.82, 2.24) is 9.78 Å². The maximum atomic E-state index is 10.8. The van der Waals surface area contributed by atoms with Gasteiger partial charge in [0, 0.05) is 31.7 Å². The second kappa shape index (κ2) is 9.54. The first-order chi connectivity index (χ1) is 16.0. The number of aromatic nitrogens is 2. The molecule has 0 aliphatic carbocycles. The fourth-order valence-corrected chi connectivity index (χ4v) is 3.56. The Morgan fingerprint density at radius 2 is 1.70 bits per heavy atom. The Hall–Kier alpha value is -4.17. The number of benzene rings is 3. The van der Waals surface area contributed by atoms with Crippen LogP contribution in [0.2, 0.25) is 0 Å². The van der Waals surface area contributed by atoms with Crippen molar-refractivity contribution in [3.8, 4) is 22.6 Å². The molecule has 4 rings (SSSR count). The van der Waals surface area contributed by atoms with Gasteiger partial charge in [0.1, 0.15) is 0 Å². The molecule has 0 aliphatic heterocycles. The molecule has 0 bridgehead atoms. The van der Waals surface area contributed by atoms with Gasteiger partial charge in [0.2, 0.25) is 0 Å². The first-order valence-electron chi connectivity index (χ1n) is 10.2. The molecule has 1 aromatic heterocycles. The van der Waals surface area contributed by atoms with Crippen molar-refractivity contribution in [2.75, 3.05) is 21.0 Å². The summed E-state index contributed by atoms with van der Waals surface area (Å²) in [5, 5.41) is 16.5. The summed E-state index contributed by atoms with van der Waals surface area (Å²) >= 11 is 0. The van der Waals surface area contributed by atoms with Crippen LogP contribution < -0.4 is 9.47 Å². The number of rotatable bonds is 8. The summed E-state index contributed by atoms with van der Waals surface area (Å²) in [6, 6.07) is 18.3. The molecule has 168 valence electrons. The molecule has 0 aliphatic rings. The zero-order valence-electron chi connectivity index (χ0n) is 18.5. The van der Waals surface area contributed by atoms with E-state index in [1.54, 1.807) is 26.4 Å². The van der Waals surface area contributed by atoms with Crippen molar-refractivity contribution in [2.45, 2.75) is 0 Å². The molecule has 0 fully saturated rings. The van der Waals surface area contributed by atoms with E-state index in [-0.39, 0.29) is 12.5 Å². The summed E-state index contributed by atoms with van der Waals surface area (Å²) in [6.45, 7) is 0.146. The highest BCUT2D eigenvalue weighted by atomic mass is 16.7. The fourth-order valence-electron chi connectivity index (χ4n) is 3.56. The highest BCUT2D eigenvalue weighted by Crippen LogP contribution is 2.34. The van der Waals surface area contributed by atoms with E-state index in [4.69, 9.17) is 14.2 Å². The number of methoxy groups -OCH3 is 2. The summed E-state index contributed by atoms with van der Waals surface area (Å²) in [5.41, 5.74) is 4.74. The van der Waals surface area contributed by atoms with Crippen molar-refractivity contribution in [3.05, 3.63) is 82.0 Å². The summed E-state index contributed by atoms with van der Waals surface area (Å²) in [5.74, 6) is 1.24. The van der Waals surface area contributed by atoms with Crippen molar-refractivity contribution >= 4 is 28.7 Å².